The van der Waals surface area contributed by atoms with Crippen molar-refractivity contribution in [3.8, 4) is 5.75 Å². The molecule has 2 aromatic rings. The minimum atomic E-state index is -3.77. The molecule has 0 saturated carbocycles. The number of hydrogen-bond acceptors (Lipinski definition) is 7. The number of hydrogen-bond donors (Lipinski definition) is 1. The molecular formula is C23H30N2O6S. The van der Waals surface area contributed by atoms with Crippen molar-refractivity contribution in [2.75, 3.05) is 38.7 Å². The monoisotopic (exact) mass is 462 g/mol. The van der Waals surface area contributed by atoms with E-state index in [0.29, 0.717) is 36.2 Å². The quantitative estimate of drug-likeness (QED) is 0.312. The average molecular weight is 463 g/mol. The van der Waals surface area contributed by atoms with Gasteiger partial charge in [0.1, 0.15) is 5.75 Å². The van der Waals surface area contributed by atoms with Gasteiger partial charge in [0.15, 0.2) is 9.84 Å². The molecule has 1 atom stereocenters. The van der Waals surface area contributed by atoms with Gasteiger partial charge in [-0.1, -0.05) is 31.2 Å². The van der Waals surface area contributed by atoms with Gasteiger partial charge in [-0.15, -0.1) is 0 Å². The van der Waals surface area contributed by atoms with Crippen molar-refractivity contribution in [3.05, 3.63) is 59.7 Å². The van der Waals surface area contributed by atoms with E-state index in [9.17, 15) is 18.4 Å². The lowest BCUT2D eigenvalue weighted by molar-refractivity contribution is -0.158. The second-order valence-electron chi connectivity index (χ2n) is 7.73. The Hall–Kier alpha value is -2.46. The molecule has 32 heavy (non-hydrogen) atoms. The lowest BCUT2D eigenvalue weighted by Gasteiger charge is -2.27. The number of ether oxygens (including phenoxy) is 2. The van der Waals surface area contributed by atoms with Gasteiger partial charge in [-0.2, -0.15) is 0 Å². The predicted octanol–water partition coefficient (Wildman–Crippen LogP) is 2.67. The van der Waals surface area contributed by atoms with Gasteiger partial charge in [0.05, 0.1) is 36.5 Å². The molecule has 9 heteroatoms. The molecule has 0 aromatic heterocycles. The van der Waals surface area contributed by atoms with Crippen molar-refractivity contribution in [2.24, 2.45) is 0 Å². The van der Waals surface area contributed by atoms with Crippen LogP contribution in [-0.4, -0.2) is 68.7 Å². The van der Waals surface area contributed by atoms with Gasteiger partial charge in [0.2, 0.25) is 6.41 Å². The van der Waals surface area contributed by atoms with Crippen LogP contribution in [0.2, 0.25) is 0 Å². The highest BCUT2D eigenvalue weighted by atomic mass is 32.2. The summed E-state index contributed by atoms with van der Waals surface area (Å²) in [6.45, 7) is 6.44. The maximum Gasteiger partial charge on any atom is 0.233 e. The summed E-state index contributed by atoms with van der Waals surface area (Å²) in [6, 6.07) is 12.4. The van der Waals surface area contributed by atoms with E-state index >= 15 is 0 Å². The first kappa shape index (κ1) is 24.2. The van der Waals surface area contributed by atoms with Crippen LogP contribution in [0, 0.1) is 0 Å². The smallest absolute Gasteiger partial charge is 0.233 e. The second kappa shape index (κ2) is 11.4. The summed E-state index contributed by atoms with van der Waals surface area (Å²) in [4.78, 5) is 13.6. The summed E-state index contributed by atoms with van der Waals surface area (Å²) >= 11 is 0. The van der Waals surface area contributed by atoms with Crippen LogP contribution in [0.5, 0.6) is 5.75 Å². The first-order valence-corrected chi connectivity index (χ1v) is 12.3. The van der Waals surface area contributed by atoms with Gasteiger partial charge in [0.25, 0.3) is 0 Å². The number of benzene rings is 2. The highest BCUT2D eigenvalue weighted by Crippen LogP contribution is 2.26. The topological polar surface area (TPSA) is 96.4 Å². The zero-order chi connectivity index (χ0) is 23.0. The molecule has 1 N–H and O–H groups in total. The predicted molar refractivity (Wildman–Crippen MR) is 119 cm³/mol. The van der Waals surface area contributed by atoms with Crippen molar-refractivity contribution < 1.29 is 27.9 Å². The van der Waals surface area contributed by atoms with Gasteiger partial charge in [0, 0.05) is 19.6 Å². The Labute approximate surface area is 189 Å². The zero-order valence-corrected chi connectivity index (χ0v) is 19.0. The van der Waals surface area contributed by atoms with E-state index in [1.54, 1.807) is 24.3 Å². The number of sulfone groups is 1. The van der Waals surface area contributed by atoms with E-state index < -0.39 is 21.6 Å². The fraction of sp³-hybridized carbons (Fsp3) is 0.435. The Kier molecular flexibility index (Phi) is 8.63. The van der Waals surface area contributed by atoms with Crippen LogP contribution in [0.1, 0.15) is 30.5 Å². The molecule has 1 amide bonds. The van der Waals surface area contributed by atoms with Gasteiger partial charge >= 0.3 is 0 Å². The Balaban J connectivity index is 1.73. The maximum absolute atomic E-state index is 13.0. The molecule has 8 nitrogen and oxygen atoms in total. The normalized spacial score (nSPS) is 15.8. The van der Waals surface area contributed by atoms with Gasteiger partial charge in [-0.25, -0.2) is 13.5 Å². The molecule has 174 valence electrons. The maximum atomic E-state index is 13.0. The van der Waals surface area contributed by atoms with Crippen molar-refractivity contribution in [1.29, 1.82) is 0 Å². The number of morpholine rings is 1. The van der Waals surface area contributed by atoms with Crippen molar-refractivity contribution >= 4 is 16.2 Å². The fourth-order valence-corrected chi connectivity index (χ4v) is 5.03. The van der Waals surface area contributed by atoms with Gasteiger partial charge in [-0.05, 0) is 41.8 Å². The van der Waals surface area contributed by atoms with E-state index in [1.165, 1.54) is 12.1 Å². The molecule has 0 bridgehead atoms. The Bertz CT molecular complexity index is 957. The minimum Gasteiger partial charge on any atom is -0.494 e. The molecule has 1 aliphatic heterocycles. The van der Waals surface area contributed by atoms with Crippen LogP contribution in [0.4, 0.5) is 0 Å². The number of nitrogens with zero attached hydrogens (tertiary/aromatic N) is 2. The Morgan fingerprint density at radius 2 is 1.78 bits per heavy atom. The number of hydroxylamine groups is 2. The van der Waals surface area contributed by atoms with Crippen molar-refractivity contribution in [2.45, 2.75) is 30.8 Å². The highest BCUT2D eigenvalue weighted by Gasteiger charge is 2.27. The zero-order valence-electron chi connectivity index (χ0n) is 18.2. The number of amides is 1. The van der Waals surface area contributed by atoms with E-state index in [1.807, 2.05) is 19.1 Å². The SMILES string of the molecule is CCCOc1ccc(S(=O)(=O)CC(c2ccc(CN3CCOCC3)cc2)N(O)C=O)cc1. The lowest BCUT2D eigenvalue weighted by Crippen LogP contribution is -2.35. The summed E-state index contributed by atoms with van der Waals surface area (Å²) < 4.78 is 36.8. The standard InChI is InChI=1S/C23H30N2O6S/c1-2-13-31-21-7-9-22(10-8-21)32(28,29)17-23(25(27)18-26)20-5-3-19(4-6-20)16-24-11-14-30-15-12-24/h3-10,18,23,27H,2,11-17H2,1H3. The average Bonchev–Trinajstić information content (AvgIpc) is 2.82. The third kappa shape index (κ3) is 6.52. The lowest BCUT2D eigenvalue weighted by atomic mass is 10.1. The van der Waals surface area contributed by atoms with Crippen LogP contribution in [-0.2, 0) is 25.9 Å². The number of carbonyl (C=O) groups excluding carboxylic acids is 1. The van der Waals surface area contributed by atoms with Crippen molar-refractivity contribution in [1.82, 2.24) is 9.96 Å². The fourth-order valence-electron chi connectivity index (χ4n) is 3.53. The molecule has 0 radical (unpaired) electrons. The Morgan fingerprint density at radius 1 is 1.12 bits per heavy atom. The van der Waals surface area contributed by atoms with Gasteiger partial charge < -0.3 is 9.47 Å². The summed E-state index contributed by atoms with van der Waals surface area (Å²) in [6.07, 6.45) is 1.08. The van der Waals surface area contributed by atoms with E-state index in [0.717, 1.165) is 31.6 Å². The van der Waals surface area contributed by atoms with Crippen LogP contribution in [0.3, 0.4) is 0 Å². The van der Waals surface area contributed by atoms with Crippen LogP contribution in [0.15, 0.2) is 53.4 Å². The third-order valence-electron chi connectivity index (χ3n) is 5.33. The first-order chi connectivity index (χ1) is 15.4. The third-order valence-corrected chi connectivity index (χ3v) is 7.08. The highest BCUT2D eigenvalue weighted by molar-refractivity contribution is 7.91. The van der Waals surface area contributed by atoms with E-state index in [-0.39, 0.29) is 11.3 Å². The molecule has 1 saturated heterocycles. The minimum absolute atomic E-state index is 0.106. The molecular weight excluding hydrogens is 432 g/mol. The molecule has 1 unspecified atom stereocenters. The largest absolute Gasteiger partial charge is 0.494 e. The molecule has 3 rings (SSSR count). The first-order valence-electron chi connectivity index (χ1n) is 10.7. The summed E-state index contributed by atoms with van der Waals surface area (Å²) in [5.74, 6) is 0.148. The van der Waals surface area contributed by atoms with Gasteiger partial charge in [-0.3, -0.25) is 14.9 Å². The van der Waals surface area contributed by atoms with Crippen LogP contribution in [0.25, 0.3) is 0 Å². The number of rotatable bonds is 11. The molecule has 0 spiro atoms. The molecule has 0 aliphatic carbocycles. The molecule has 1 fully saturated rings. The molecule has 2 aromatic carbocycles. The van der Waals surface area contributed by atoms with E-state index in [4.69, 9.17) is 9.47 Å². The summed E-state index contributed by atoms with van der Waals surface area (Å²) in [5, 5.41) is 10.5. The summed E-state index contributed by atoms with van der Waals surface area (Å²) in [5.41, 5.74) is 1.60. The Morgan fingerprint density at radius 3 is 2.38 bits per heavy atom. The molecule has 1 aliphatic rings. The van der Waals surface area contributed by atoms with E-state index in [2.05, 4.69) is 4.90 Å². The number of carbonyl (C=O) groups is 1. The second-order valence-corrected chi connectivity index (χ2v) is 9.77. The van der Waals surface area contributed by atoms with Crippen molar-refractivity contribution in [3.63, 3.8) is 0 Å². The summed E-state index contributed by atoms with van der Waals surface area (Å²) in [7, 11) is -3.77. The molecule has 1 heterocycles. The van der Waals surface area contributed by atoms with Crippen LogP contribution >= 0.6 is 0 Å². The van der Waals surface area contributed by atoms with Crippen LogP contribution < -0.4 is 4.74 Å².